The highest BCUT2D eigenvalue weighted by Gasteiger charge is 2.10. The molecule has 3 rings (SSSR count). The van der Waals surface area contributed by atoms with Gasteiger partial charge < -0.3 is 0 Å². The molecule has 0 unspecified atom stereocenters. The van der Waals surface area contributed by atoms with Gasteiger partial charge in [0.25, 0.3) is 0 Å². The molecule has 0 radical (unpaired) electrons. The van der Waals surface area contributed by atoms with E-state index >= 15 is 0 Å². The van der Waals surface area contributed by atoms with Crippen molar-refractivity contribution in [3.63, 3.8) is 0 Å². The second-order valence-corrected chi connectivity index (χ2v) is 6.00. The molecule has 0 fully saturated rings. The first-order chi connectivity index (χ1) is 9.63. The molecule has 3 aromatic rings. The van der Waals surface area contributed by atoms with E-state index in [0.717, 1.165) is 21.1 Å². The summed E-state index contributed by atoms with van der Waals surface area (Å²) in [5.74, 6) is 0. The minimum Gasteiger partial charge on any atom is -0.252 e. The zero-order valence-corrected chi connectivity index (χ0v) is 13.2. The van der Waals surface area contributed by atoms with E-state index < -0.39 is 0 Å². The molecule has 20 heavy (non-hydrogen) atoms. The Bertz CT molecular complexity index is 775. The van der Waals surface area contributed by atoms with Crippen molar-refractivity contribution in [3.05, 3.63) is 62.4 Å². The van der Waals surface area contributed by atoms with Crippen LogP contribution in [0.3, 0.4) is 0 Å². The molecule has 0 aliphatic rings. The number of hydrogen-bond acceptors (Lipinski definition) is 3. The third-order valence-electron chi connectivity index (χ3n) is 2.90. The van der Waals surface area contributed by atoms with Crippen LogP contribution in [0.4, 0.5) is 0 Å². The van der Waals surface area contributed by atoms with E-state index in [-0.39, 0.29) is 0 Å². The Balaban J connectivity index is 2.09. The quantitative estimate of drug-likeness (QED) is 0.658. The summed E-state index contributed by atoms with van der Waals surface area (Å²) in [7, 11) is 0. The fourth-order valence-corrected chi connectivity index (χ4v) is 2.60. The predicted octanol–water partition coefficient (Wildman–Crippen LogP) is 4.68. The molecule has 0 bridgehead atoms. The van der Waals surface area contributed by atoms with Crippen LogP contribution in [-0.2, 0) is 6.42 Å². The van der Waals surface area contributed by atoms with E-state index in [4.69, 9.17) is 23.2 Å². The fourth-order valence-electron chi connectivity index (χ4n) is 1.96. The smallest absolute Gasteiger partial charge is 0.177 e. The van der Waals surface area contributed by atoms with Gasteiger partial charge in [0.1, 0.15) is 5.52 Å². The molecule has 0 saturated heterocycles. The van der Waals surface area contributed by atoms with Crippen LogP contribution in [0.25, 0.3) is 10.9 Å². The molecule has 0 atom stereocenters. The van der Waals surface area contributed by atoms with Crippen molar-refractivity contribution in [2.45, 2.75) is 6.42 Å². The largest absolute Gasteiger partial charge is 0.252 e. The minimum atomic E-state index is 0.312. The topological polar surface area (TPSA) is 38.7 Å². The van der Waals surface area contributed by atoms with Crippen LogP contribution in [0.2, 0.25) is 10.2 Å². The monoisotopic (exact) mass is 367 g/mol. The molecule has 0 aliphatic heterocycles. The van der Waals surface area contributed by atoms with Gasteiger partial charge in [0.2, 0.25) is 0 Å². The third kappa shape index (κ3) is 2.77. The van der Waals surface area contributed by atoms with Crippen LogP contribution in [0.15, 0.2) is 41.0 Å². The van der Waals surface area contributed by atoms with E-state index in [1.807, 2.05) is 30.3 Å². The first-order valence-corrected chi connectivity index (χ1v) is 7.39. The molecule has 2 heterocycles. The van der Waals surface area contributed by atoms with Crippen molar-refractivity contribution >= 4 is 50.0 Å². The molecule has 0 saturated carbocycles. The average molecular weight is 369 g/mol. The van der Waals surface area contributed by atoms with Crippen LogP contribution in [0.5, 0.6) is 0 Å². The van der Waals surface area contributed by atoms with Gasteiger partial charge in [-0.3, -0.25) is 4.98 Å². The molecule has 6 heteroatoms. The second kappa shape index (κ2) is 5.64. The SMILES string of the molecule is Clc1ccc(Cc2nnc(Cl)c3ncc(Br)cc23)cc1. The van der Waals surface area contributed by atoms with Crippen LogP contribution in [0.1, 0.15) is 11.3 Å². The molecular weight excluding hydrogens is 361 g/mol. The Kier molecular flexibility index (Phi) is 3.87. The van der Waals surface area contributed by atoms with Crippen LogP contribution in [-0.4, -0.2) is 15.2 Å². The number of halogens is 3. The zero-order chi connectivity index (χ0) is 14.1. The Morgan fingerprint density at radius 1 is 1.05 bits per heavy atom. The van der Waals surface area contributed by atoms with Crippen LogP contribution >= 0.6 is 39.1 Å². The normalized spacial score (nSPS) is 10.9. The van der Waals surface area contributed by atoms with Gasteiger partial charge in [-0.05, 0) is 39.7 Å². The predicted molar refractivity (Wildman–Crippen MR) is 84.3 cm³/mol. The summed E-state index contributed by atoms with van der Waals surface area (Å²) in [4.78, 5) is 4.29. The Labute approximate surface area is 134 Å². The van der Waals surface area contributed by atoms with Crippen molar-refractivity contribution in [3.8, 4) is 0 Å². The number of rotatable bonds is 2. The van der Waals surface area contributed by atoms with Gasteiger partial charge in [-0.15, -0.1) is 5.10 Å². The Morgan fingerprint density at radius 3 is 2.55 bits per heavy atom. The third-order valence-corrected chi connectivity index (χ3v) is 3.84. The lowest BCUT2D eigenvalue weighted by atomic mass is 10.1. The van der Waals surface area contributed by atoms with Crippen molar-refractivity contribution in [1.29, 1.82) is 0 Å². The van der Waals surface area contributed by atoms with E-state index in [2.05, 4.69) is 31.1 Å². The van der Waals surface area contributed by atoms with E-state index in [0.29, 0.717) is 22.1 Å². The molecule has 0 aliphatic carbocycles. The van der Waals surface area contributed by atoms with Gasteiger partial charge in [-0.25, -0.2) is 0 Å². The summed E-state index contributed by atoms with van der Waals surface area (Å²) in [6.45, 7) is 0. The molecule has 3 nitrogen and oxygen atoms in total. The maximum absolute atomic E-state index is 6.04. The fraction of sp³-hybridized carbons (Fsp3) is 0.0714. The highest BCUT2D eigenvalue weighted by atomic mass is 79.9. The molecule has 1 aromatic carbocycles. The van der Waals surface area contributed by atoms with Crippen molar-refractivity contribution in [1.82, 2.24) is 15.2 Å². The summed E-state index contributed by atoms with van der Waals surface area (Å²) in [6, 6.07) is 9.60. The second-order valence-electron chi connectivity index (χ2n) is 4.29. The summed E-state index contributed by atoms with van der Waals surface area (Å²) in [5.41, 5.74) is 2.60. The van der Waals surface area contributed by atoms with Crippen molar-refractivity contribution < 1.29 is 0 Å². The lowest BCUT2D eigenvalue weighted by molar-refractivity contribution is 0.954. The maximum atomic E-state index is 6.04. The lowest BCUT2D eigenvalue weighted by Gasteiger charge is -2.06. The van der Waals surface area contributed by atoms with Gasteiger partial charge in [-0.1, -0.05) is 35.3 Å². The summed E-state index contributed by atoms with van der Waals surface area (Å²) in [6.07, 6.45) is 2.35. The number of hydrogen-bond donors (Lipinski definition) is 0. The van der Waals surface area contributed by atoms with E-state index in [1.54, 1.807) is 6.20 Å². The molecular formula is C14H8BrCl2N3. The van der Waals surface area contributed by atoms with Gasteiger partial charge in [-0.2, -0.15) is 5.10 Å². The summed E-state index contributed by atoms with van der Waals surface area (Å²) < 4.78 is 0.881. The molecule has 2 aromatic heterocycles. The van der Waals surface area contributed by atoms with Crippen molar-refractivity contribution in [2.75, 3.05) is 0 Å². The lowest BCUT2D eigenvalue weighted by Crippen LogP contribution is -1.98. The number of pyridine rings is 1. The molecule has 0 N–H and O–H groups in total. The Morgan fingerprint density at radius 2 is 1.80 bits per heavy atom. The van der Waals surface area contributed by atoms with E-state index in [1.165, 1.54) is 0 Å². The maximum Gasteiger partial charge on any atom is 0.177 e. The van der Waals surface area contributed by atoms with Crippen LogP contribution < -0.4 is 0 Å². The van der Waals surface area contributed by atoms with Gasteiger partial charge in [0.15, 0.2) is 5.15 Å². The minimum absolute atomic E-state index is 0.312. The summed E-state index contributed by atoms with van der Waals surface area (Å²) in [5, 5.41) is 10.1. The van der Waals surface area contributed by atoms with Crippen molar-refractivity contribution in [2.24, 2.45) is 0 Å². The van der Waals surface area contributed by atoms with Gasteiger partial charge in [0.05, 0.1) is 5.69 Å². The number of aromatic nitrogens is 3. The highest BCUT2D eigenvalue weighted by Crippen LogP contribution is 2.25. The van der Waals surface area contributed by atoms with E-state index in [9.17, 15) is 0 Å². The first kappa shape index (κ1) is 13.7. The zero-order valence-electron chi connectivity index (χ0n) is 10.1. The standard InChI is InChI=1S/C14H8BrCl2N3/c15-9-6-11-12(5-8-1-3-10(16)4-2-8)19-20-14(17)13(11)18-7-9/h1-4,6-7H,5H2. The van der Waals surface area contributed by atoms with Crippen LogP contribution in [0, 0.1) is 0 Å². The molecule has 100 valence electrons. The summed E-state index contributed by atoms with van der Waals surface area (Å²) >= 11 is 15.3. The number of benzene rings is 1. The highest BCUT2D eigenvalue weighted by molar-refractivity contribution is 9.10. The first-order valence-electron chi connectivity index (χ1n) is 5.84. The molecule has 0 amide bonds. The van der Waals surface area contributed by atoms with Gasteiger partial charge in [0, 0.05) is 27.5 Å². The Hall–Kier alpha value is -1.23. The average Bonchev–Trinajstić information content (AvgIpc) is 2.44. The number of nitrogens with zero attached hydrogens (tertiary/aromatic N) is 3. The molecule has 0 spiro atoms. The van der Waals surface area contributed by atoms with Gasteiger partial charge >= 0.3 is 0 Å². The number of fused-ring (bicyclic) bond motifs is 1.